The van der Waals surface area contributed by atoms with Crippen LogP contribution in [0.4, 0.5) is 5.82 Å². The highest BCUT2D eigenvalue weighted by Crippen LogP contribution is 2.24. The molecule has 0 saturated heterocycles. The van der Waals surface area contributed by atoms with Gasteiger partial charge in [0.2, 0.25) is 5.91 Å². The maximum absolute atomic E-state index is 12.1. The maximum Gasteiger partial charge on any atom is 0.225 e. The van der Waals surface area contributed by atoms with E-state index in [2.05, 4.69) is 30.7 Å². The molecule has 7 nitrogen and oxygen atoms in total. The summed E-state index contributed by atoms with van der Waals surface area (Å²) in [6, 6.07) is 5.39. The lowest BCUT2D eigenvalue weighted by Gasteiger charge is -2.04. The number of H-pyrrole nitrogens is 1. The van der Waals surface area contributed by atoms with E-state index in [1.807, 2.05) is 19.1 Å². The molecule has 0 bridgehead atoms. The number of carbonyl (C=O) groups is 1. The average Bonchev–Trinajstić information content (AvgIpc) is 2.96. The Kier molecular flexibility index (Phi) is 4.81. The normalized spacial score (nSPS) is 10.6. The second-order valence-electron chi connectivity index (χ2n) is 5.24. The highest BCUT2D eigenvalue weighted by Gasteiger charge is 2.13. The van der Waals surface area contributed by atoms with Gasteiger partial charge >= 0.3 is 0 Å². The van der Waals surface area contributed by atoms with Crippen molar-refractivity contribution in [1.29, 1.82) is 0 Å². The first-order valence-electron chi connectivity index (χ1n) is 7.36. The van der Waals surface area contributed by atoms with Gasteiger partial charge in [-0.15, -0.1) is 0 Å². The Labute approximate surface area is 143 Å². The molecule has 3 aromatic rings. The molecule has 122 valence electrons. The fraction of sp³-hybridized carbons (Fsp3) is 0.188. The molecular weight excluding hydrogens is 328 g/mol. The minimum atomic E-state index is -0.101. The van der Waals surface area contributed by atoms with Gasteiger partial charge in [-0.2, -0.15) is 15.3 Å². The topological polar surface area (TPSA) is 96.5 Å². The molecule has 0 saturated carbocycles. The van der Waals surface area contributed by atoms with E-state index in [9.17, 15) is 4.79 Å². The molecule has 0 atom stereocenters. The van der Waals surface area contributed by atoms with Crippen molar-refractivity contribution in [3.63, 3.8) is 0 Å². The van der Waals surface area contributed by atoms with Crippen molar-refractivity contribution in [2.75, 3.05) is 5.32 Å². The van der Waals surface area contributed by atoms with E-state index in [1.54, 1.807) is 24.7 Å². The number of anilines is 1. The Morgan fingerprint density at radius 1 is 1.25 bits per heavy atom. The summed E-state index contributed by atoms with van der Waals surface area (Å²) in [6.07, 6.45) is 5.83. The van der Waals surface area contributed by atoms with Crippen molar-refractivity contribution in [1.82, 2.24) is 25.4 Å². The van der Waals surface area contributed by atoms with Gasteiger partial charge in [-0.3, -0.25) is 9.89 Å². The number of nitrogens with one attached hydrogen (secondary N) is 2. The van der Waals surface area contributed by atoms with E-state index < -0.39 is 0 Å². The smallest absolute Gasteiger partial charge is 0.225 e. The molecule has 0 aliphatic heterocycles. The number of nitrogens with zero attached hydrogens (tertiary/aromatic N) is 4. The Balaban J connectivity index is 1.63. The number of hydrogen-bond donors (Lipinski definition) is 2. The predicted molar refractivity (Wildman–Crippen MR) is 90.5 cm³/mol. The zero-order valence-electron chi connectivity index (χ0n) is 13.0. The molecule has 0 aliphatic rings. The van der Waals surface area contributed by atoms with E-state index >= 15 is 0 Å². The molecule has 0 fully saturated rings. The minimum Gasteiger partial charge on any atom is -0.311 e. The number of aromatic nitrogens is 5. The highest BCUT2D eigenvalue weighted by atomic mass is 35.5. The van der Waals surface area contributed by atoms with Gasteiger partial charge in [0.05, 0.1) is 18.1 Å². The second kappa shape index (κ2) is 7.18. The van der Waals surface area contributed by atoms with Gasteiger partial charge in [-0.1, -0.05) is 17.7 Å². The van der Waals surface area contributed by atoms with Crippen LogP contribution < -0.4 is 5.32 Å². The first-order chi connectivity index (χ1) is 11.6. The van der Waals surface area contributed by atoms with Gasteiger partial charge in [0.15, 0.2) is 0 Å². The third kappa shape index (κ3) is 3.75. The third-order valence-corrected chi connectivity index (χ3v) is 3.78. The standard InChI is InChI=1S/C16H15ClN6O/c1-10-15(12-6-7-19-20-9-12)22-23-16(10)21-14(24)5-3-11-2-4-13(17)18-8-11/h2,4,6-9H,3,5H2,1H3,(H2,21,22,23,24). The Bertz CT molecular complexity index is 832. The number of amides is 1. The zero-order valence-corrected chi connectivity index (χ0v) is 13.7. The summed E-state index contributed by atoms with van der Waals surface area (Å²) in [5, 5.41) is 17.9. The van der Waals surface area contributed by atoms with Crippen molar-refractivity contribution >= 4 is 23.3 Å². The van der Waals surface area contributed by atoms with Crippen LogP contribution in [0.3, 0.4) is 0 Å². The quantitative estimate of drug-likeness (QED) is 0.695. The molecular formula is C16H15ClN6O. The van der Waals surface area contributed by atoms with Crippen LogP contribution in [-0.4, -0.2) is 31.3 Å². The summed E-state index contributed by atoms with van der Waals surface area (Å²) in [4.78, 5) is 16.1. The summed E-state index contributed by atoms with van der Waals surface area (Å²) in [6.45, 7) is 1.89. The van der Waals surface area contributed by atoms with E-state index in [0.29, 0.717) is 23.8 Å². The van der Waals surface area contributed by atoms with Gasteiger partial charge in [0.1, 0.15) is 11.0 Å². The van der Waals surface area contributed by atoms with Crippen LogP contribution in [0.15, 0.2) is 36.8 Å². The van der Waals surface area contributed by atoms with E-state index in [4.69, 9.17) is 11.6 Å². The summed E-state index contributed by atoms with van der Waals surface area (Å²) < 4.78 is 0. The summed E-state index contributed by atoms with van der Waals surface area (Å²) in [7, 11) is 0. The van der Waals surface area contributed by atoms with Crippen molar-refractivity contribution < 1.29 is 4.79 Å². The first kappa shape index (κ1) is 16.1. The summed E-state index contributed by atoms with van der Waals surface area (Å²) >= 11 is 5.74. The zero-order chi connectivity index (χ0) is 16.9. The lowest BCUT2D eigenvalue weighted by Crippen LogP contribution is -2.13. The maximum atomic E-state index is 12.1. The monoisotopic (exact) mass is 342 g/mol. The summed E-state index contributed by atoms with van der Waals surface area (Å²) in [5.41, 5.74) is 3.39. The van der Waals surface area contributed by atoms with Gasteiger partial charge in [-0.25, -0.2) is 4.98 Å². The second-order valence-corrected chi connectivity index (χ2v) is 5.63. The number of aromatic amines is 1. The van der Waals surface area contributed by atoms with Gasteiger partial charge in [0, 0.05) is 23.7 Å². The number of hydrogen-bond acceptors (Lipinski definition) is 5. The number of carbonyl (C=O) groups excluding carboxylic acids is 1. The van der Waals surface area contributed by atoms with Crippen molar-refractivity contribution in [2.24, 2.45) is 0 Å². The fourth-order valence-corrected chi connectivity index (χ4v) is 2.36. The van der Waals surface area contributed by atoms with E-state index in [-0.39, 0.29) is 5.91 Å². The van der Waals surface area contributed by atoms with Crippen LogP contribution in [0.1, 0.15) is 17.5 Å². The van der Waals surface area contributed by atoms with Crippen LogP contribution in [0.25, 0.3) is 11.3 Å². The molecule has 1 amide bonds. The van der Waals surface area contributed by atoms with Crippen LogP contribution in [0.5, 0.6) is 0 Å². The van der Waals surface area contributed by atoms with Crippen LogP contribution >= 0.6 is 11.6 Å². The Morgan fingerprint density at radius 3 is 2.83 bits per heavy atom. The predicted octanol–water partition coefficient (Wildman–Crippen LogP) is 2.79. The molecule has 0 aliphatic carbocycles. The summed E-state index contributed by atoms with van der Waals surface area (Å²) in [5.74, 6) is 0.483. The Morgan fingerprint density at radius 2 is 2.12 bits per heavy atom. The average molecular weight is 343 g/mol. The van der Waals surface area contributed by atoms with Crippen molar-refractivity contribution in [2.45, 2.75) is 19.8 Å². The number of rotatable bonds is 5. The lowest BCUT2D eigenvalue weighted by atomic mass is 10.1. The van der Waals surface area contributed by atoms with E-state index in [0.717, 1.165) is 22.4 Å². The highest BCUT2D eigenvalue weighted by molar-refractivity contribution is 6.29. The number of halogens is 1. The van der Waals surface area contributed by atoms with Gasteiger partial charge in [-0.05, 0) is 31.0 Å². The SMILES string of the molecule is Cc1c(-c2ccnnc2)n[nH]c1NC(=O)CCc1ccc(Cl)nc1. The molecule has 24 heavy (non-hydrogen) atoms. The molecule has 0 spiro atoms. The molecule has 8 heteroatoms. The molecule has 3 heterocycles. The molecule has 0 aromatic carbocycles. The largest absolute Gasteiger partial charge is 0.311 e. The molecule has 0 unspecified atom stereocenters. The van der Waals surface area contributed by atoms with Crippen LogP contribution in [0, 0.1) is 6.92 Å². The van der Waals surface area contributed by atoms with Crippen LogP contribution in [-0.2, 0) is 11.2 Å². The van der Waals surface area contributed by atoms with Crippen LogP contribution in [0.2, 0.25) is 5.15 Å². The van der Waals surface area contributed by atoms with Gasteiger partial charge < -0.3 is 5.32 Å². The number of aryl methyl sites for hydroxylation is 1. The van der Waals surface area contributed by atoms with E-state index in [1.165, 1.54) is 0 Å². The van der Waals surface area contributed by atoms with Gasteiger partial charge in [0.25, 0.3) is 0 Å². The Hall–Kier alpha value is -2.80. The van der Waals surface area contributed by atoms with Crippen molar-refractivity contribution in [3.8, 4) is 11.3 Å². The fourth-order valence-electron chi connectivity index (χ4n) is 2.25. The molecule has 0 radical (unpaired) electrons. The molecule has 3 aromatic heterocycles. The first-order valence-corrected chi connectivity index (χ1v) is 7.73. The van der Waals surface area contributed by atoms with Crippen molar-refractivity contribution in [3.05, 3.63) is 53.1 Å². The third-order valence-electron chi connectivity index (χ3n) is 3.56. The molecule has 3 rings (SSSR count). The molecule has 2 N–H and O–H groups in total. The number of pyridine rings is 1. The lowest BCUT2D eigenvalue weighted by molar-refractivity contribution is -0.116. The minimum absolute atomic E-state index is 0.101.